The second-order valence-corrected chi connectivity index (χ2v) is 5.13. The van der Waals surface area contributed by atoms with Crippen LogP contribution in [0.4, 0.5) is 0 Å². The minimum atomic E-state index is 0.877. The van der Waals surface area contributed by atoms with E-state index in [0.717, 1.165) is 23.7 Å². The van der Waals surface area contributed by atoms with E-state index in [0.29, 0.717) is 0 Å². The molecule has 1 rings (SSSR count). The molecule has 0 aromatic rings. The maximum Gasteiger partial charge on any atom is -0.0386 e. The molecule has 3 atom stereocenters. The average Bonchev–Trinajstić information content (AvgIpc) is 2.66. The summed E-state index contributed by atoms with van der Waals surface area (Å²) in [6.45, 7) is 9.45. The summed E-state index contributed by atoms with van der Waals surface area (Å²) in [4.78, 5) is 0. The first-order valence-corrected chi connectivity index (χ1v) is 5.61. The summed E-state index contributed by atoms with van der Waals surface area (Å²) in [5.74, 6) is 3.96. The standard InChI is InChI=1S/C12H24/c1-9(2)10(3)6-5-7-12-8-11(12)4/h9-12H,5-8H2,1-4H3. The molecule has 1 aliphatic rings. The van der Waals surface area contributed by atoms with Gasteiger partial charge in [0.25, 0.3) is 0 Å². The maximum atomic E-state index is 2.39. The molecule has 0 radical (unpaired) electrons. The van der Waals surface area contributed by atoms with Gasteiger partial charge in [0, 0.05) is 0 Å². The molecule has 1 aliphatic carbocycles. The summed E-state index contributed by atoms with van der Waals surface area (Å²) in [6, 6.07) is 0. The Bertz CT molecular complexity index is 126. The highest BCUT2D eigenvalue weighted by molar-refractivity contribution is 4.82. The summed E-state index contributed by atoms with van der Waals surface area (Å²) in [5, 5.41) is 0. The molecule has 0 N–H and O–H groups in total. The molecule has 0 spiro atoms. The van der Waals surface area contributed by atoms with Gasteiger partial charge in [0.2, 0.25) is 0 Å². The van der Waals surface area contributed by atoms with Crippen LogP contribution in [0.5, 0.6) is 0 Å². The molecule has 0 heterocycles. The van der Waals surface area contributed by atoms with E-state index in [1.54, 1.807) is 0 Å². The fourth-order valence-electron chi connectivity index (χ4n) is 1.84. The quantitative estimate of drug-likeness (QED) is 0.579. The molecule has 1 saturated carbocycles. The third-order valence-electron chi connectivity index (χ3n) is 3.65. The Morgan fingerprint density at radius 1 is 1.25 bits per heavy atom. The van der Waals surface area contributed by atoms with Crippen molar-refractivity contribution >= 4 is 0 Å². The first-order chi connectivity index (χ1) is 5.61. The molecule has 0 bridgehead atoms. The van der Waals surface area contributed by atoms with Gasteiger partial charge < -0.3 is 0 Å². The van der Waals surface area contributed by atoms with Crippen LogP contribution in [0.1, 0.15) is 53.4 Å². The summed E-state index contributed by atoms with van der Waals surface area (Å²) in [7, 11) is 0. The molecule has 0 amide bonds. The molecule has 12 heavy (non-hydrogen) atoms. The molecule has 0 saturated heterocycles. The monoisotopic (exact) mass is 168 g/mol. The van der Waals surface area contributed by atoms with Crippen molar-refractivity contribution in [3.63, 3.8) is 0 Å². The predicted octanol–water partition coefficient (Wildman–Crippen LogP) is 4.10. The third-order valence-corrected chi connectivity index (χ3v) is 3.65. The van der Waals surface area contributed by atoms with Crippen LogP contribution in [0, 0.1) is 23.7 Å². The minimum absolute atomic E-state index is 0.877. The Kier molecular flexibility index (Phi) is 3.61. The third kappa shape index (κ3) is 3.16. The van der Waals surface area contributed by atoms with Crippen LogP contribution in [-0.4, -0.2) is 0 Å². The van der Waals surface area contributed by atoms with Crippen LogP contribution in [0.25, 0.3) is 0 Å². The lowest BCUT2D eigenvalue weighted by molar-refractivity contribution is 0.372. The van der Waals surface area contributed by atoms with E-state index < -0.39 is 0 Å². The first kappa shape index (κ1) is 10.1. The predicted molar refractivity (Wildman–Crippen MR) is 55.1 cm³/mol. The molecule has 0 aliphatic heterocycles. The molecule has 1 fully saturated rings. The summed E-state index contributed by atoms with van der Waals surface area (Å²) in [6.07, 6.45) is 5.92. The molecular weight excluding hydrogens is 144 g/mol. The average molecular weight is 168 g/mol. The maximum absolute atomic E-state index is 2.39. The Labute approximate surface area is 77.7 Å². The molecule has 0 nitrogen and oxygen atoms in total. The molecule has 3 unspecified atom stereocenters. The lowest BCUT2D eigenvalue weighted by Crippen LogP contribution is -2.03. The topological polar surface area (TPSA) is 0 Å². The van der Waals surface area contributed by atoms with Gasteiger partial charge in [-0.2, -0.15) is 0 Å². The van der Waals surface area contributed by atoms with Gasteiger partial charge in [-0.15, -0.1) is 0 Å². The minimum Gasteiger partial charge on any atom is -0.0625 e. The number of hydrogen-bond donors (Lipinski definition) is 0. The van der Waals surface area contributed by atoms with Crippen molar-refractivity contribution in [3.05, 3.63) is 0 Å². The zero-order valence-corrected chi connectivity index (χ0v) is 9.14. The Morgan fingerprint density at radius 3 is 2.25 bits per heavy atom. The van der Waals surface area contributed by atoms with Gasteiger partial charge in [-0.25, -0.2) is 0 Å². The second kappa shape index (κ2) is 4.30. The largest absolute Gasteiger partial charge is 0.0625 e. The van der Waals surface area contributed by atoms with E-state index in [4.69, 9.17) is 0 Å². The van der Waals surface area contributed by atoms with Gasteiger partial charge in [0.1, 0.15) is 0 Å². The van der Waals surface area contributed by atoms with Gasteiger partial charge in [-0.05, 0) is 30.1 Å². The molecule has 0 aromatic carbocycles. The van der Waals surface area contributed by atoms with Crippen molar-refractivity contribution in [1.29, 1.82) is 0 Å². The first-order valence-electron chi connectivity index (χ1n) is 5.61. The lowest BCUT2D eigenvalue weighted by Gasteiger charge is -2.14. The van der Waals surface area contributed by atoms with Crippen LogP contribution in [0.3, 0.4) is 0 Å². The number of hydrogen-bond acceptors (Lipinski definition) is 0. The zero-order chi connectivity index (χ0) is 9.14. The van der Waals surface area contributed by atoms with Gasteiger partial charge in [0.05, 0.1) is 0 Å². The van der Waals surface area contributed by atoms with E-state index in [1.165, 1.54) is 25.7 Å². The van der Waals surface area contributed by atoms with Crippen molar-refractivity contribution in [3.8, 4) is 0 Å². The number of rotatable bonds is 5. The molecule has 72 valence electrons. The van der Waals surface area contributed by atoms with Crippen LogP contribution in [0.2, 0.25) is 0 Å². The summed E-state index contributed by atoms with van der Waals surface area (Å²) >= 11 is 0. The molecule has 0 aromatic heterocycles. The van der Waals surface area contributed by atoms with Gasteiger partial charge in [0.15, 0.2) is 0 Å². The van der Waals surface area contributed by atoms with Gasteiger partial charge >= 0.3 is 0 Å². The Balaban J connectivity index is 1.95. The van der Waals surface area contributed by atoms with E-state index in [9.17, 15) is 0 Å². The fraction of sp³-hybridized carbons (Fsp3) is 1.00. The highest BCUT2D eigenvalue weighted by atomic mass is 14.4. The fourth-order valence-corrected chi connectivity index (χ4v) is 1.84. The van der Waals surface area contributed by atoms with E-state index in [2.05, 4.69) is 27.7 Å². The Morgan fingerprint density at radius 2 is 1.83 bits per heavy atom. The van der Waals surface area contributed by atoms with Crippen LogP contribution >= 0.6 is 0 Å². The van der Waals surface area contributed by atoms with Crippen molar-refractivity contribution in [1.82, 2.24) is 0 Å². The van der Waals surface area contributed by atoms with E-state index in [1.807, 2.05) is 0 Å². The van der Waals surface area contributed by atoms with Crippen molar-refractivity contribution < 1.29 is 0 Å². The second-order valence-electron chi connectivity index (χ2n) is 5.13. The highest BCUT2D eigenvalue weighted by Gasteiger charge is 2.31. The van der Waals surface area contributed by atoms with Crippen molar-refractivity contribution in [2.24, 2.45) is 23.7 Å². The lowest BCUT2D eigenvalue weighted by atomic mass is 9.92. The van der Waals surface area contributed by atoms with Crippen LogP contribution in [0.15, 0.2) is 0 Å². The normalized spacial score (nSPS) is 30.8. The Hall–Kier alpha value is 0. The SMILES string of the molecule is CC(C)C(C)CCCC1CC1C. The van der Waals surface area contributed by atoms with Crippen LogP contribution in [-0.2, 0) is 0 Å². The van der Waals surface area contributed by atoms with E-state index >= 15 is 0 Å². The summed E-state index contributed by atoms with van der Waals surface area (Å²) in [5.41, 5.74) is 0. The van der Waals surface area contributed by atoms with Gasteiger partial charge in [-0.3, -0.25) is 0 Å². The van der Waals surface area contributed by atoms with Crippen molar-refractivity contribution in [2.45, 2.75) is 53.4 Å². The van der Waals surface area contributed by atoms with Gasteiger partial charge in [-0.1, -0.05) is 47.0 Å². The zero-order valence-electron chi connectivity index (χ0n) is 9.14. The smallest absolute Gasteiger partial charge is 0.0386 e. The summed E-state index contributed by atoms with van der Waals surface area (Å²) < 4.78 is 0. The molecule has 0 heteroatoms. The van der Waals surface area contributed by atoms with Crippen molar-refractivity contribution in [2.75, 3.05) is 0 Å². The molecular formula is C12H24. The van der Waals surface area contributed by atoms with Crippen LogP contribution < -0.4 is 0 Å². The van der Waals surface area contributed by atoms with E-state index in [-0.39, 0.29) is 0 Å². The highest BCUT2D eigenvalue weighted by Crippen LogP contribution is 2.41.